The first kappa shape index (κ1) is 27.1. The Labute approximate surface area is 237 Å². The van der Waals surface area contributed by atoms with Gasteiger partial charge in [0.25, 0.3) is 17.7 Å². The quantitative estimate of drug-likeness (QED) is 0.230. The van der Waals surface area contributed by atoms with E-state index in [9.17, 15) is 19.2 Å². The molecule has 8 heteroatoms. The van der Waals surface area contributed by atoms with Crippen LogP contribution >= 0.6 is 0 Å². The third kappa shape index (κ3) is 5.91. The van der Waals surface area contributed by atoms with E-state index in [4.69, 9.17) is 4.74 Å². The molecular formula is C33H27N3O5. The van der Waals surface area contributed by atoms with Crippen molar-refractivity contribution in [2.75, 3.05) is 21.7 Å². The molecule has 0 atom stereocenters. The van der Waals surface area contributed by atoms with Crippen molar-refractivity contribution in [1.29, 1.82) is 0 Å². The van der Waals surface area contributed by atoms with Gasteiger partial charge in [0.2, 0.25) is 0 Å². The predicted molar refractivity (Wildman–Crippen MR) is 158 cm³/mol. The van der Waals surface area contributed by atoms with Crippen molar-refractivity contribution in [3.63, 3.8) is 0 Å². The number of nitrogens with zero attached hydrogens (tertiary/aromatic N) is 2. The monoisotopic (exact) mass is 545 g/mol. The second-order valence-electron chi connectivity index (χ2n) is 9.50. The number of rotatable bonds is 7. The number of anilines is 3. The molecule has 0 spiro atoms. The number of carbonyl (C=O) groups is 4. The Morgan fingerprint density at radius 3 is 1.93 bits per heavy atom. The van der Waals surface area contributed by atoms with Gasteiger partial charge in [0.05, 0.1) is 11.4 Å². The van der Waals surface area contributed by atoms with Crippen LogP contribution in [0.2, 0.25) is 0 Å². The van der Waals surface area contributed by atoms with Crippen molar-refractivity contribution in [3.05, 3.63) is 125 Å². The van der Waals surface area contributed by atoms with Crippen LogP contribution in [-0.2, 0) is 14.4 Å². The van der Waals surface area contributed by atoms with Gasteiger partial charge in [-0.1, -0.05) is 54.6 Å². The molecule has 0 unspecified atom stereocenters. The van der Waals surface area contributed by atoms with Gasteiger partial charge in [-0.3, -0.25) is 14.4 Å². The standard InChI is InChI=1S/C33H27N3O5/c1-22-16-17-25(18-23(22)2)34-30(37)21-41-28-15-9-10-24(19-28)20-29-31(38)35(26-11-5-3-6-12-26)33(40)36(32(29)39)27-13-7-4-8-14-27/h3-20H,21H2,1-2H3,(H,34,37). The fourth-order valence-corrected chi connectivity index (χ4v) is 4.37. The second kappa shape index (κ2) is 11.7. The Balaban J connectivity index is 1.40. The van der Waals surface area contributed by atoms with Crippen LogP contribution < -0.4 is 19.9 Å². The number of hydrogen-bond donors (Lipinski definition) is 1. The van der Waals surface area contributed by atoms with Gasteiger partial charge in [0.1, 0.15) is 11.3 Å². The van der Waals surface area contributed by atoms with E-state index < -0.39 is 17.8 Å². The van der Waals surface area contributed by atoms with Gasteiger partial charge in [-0.05, 0) is 85.1 Å². The lowest BCUT2D eigenvalue weighted by atomic mass is 10.0. The summed E-state index contributed by atoms with van der Waals surface area (Å²) in [7, 11) is 0. The summed E-state index contributed by atoms with van der Waals surface area (Å²) < 4.78 is 5.69. The third-order valence-corrected chi connectivity index (χ3v) is 6.61. The Kier molecular flexibility index (Phi) is 7.74. The molecule has 4 aromatic carbocycles. The van der Waals surface area contributed by atoms with E-state index in [1.807, 2.05) is 32.0 Å². The minimum absolute atomic E-state index is 0.193. The van der Waals surface area contributed by atoms with E-state index in [0.717, 1.165) is 20.9 Å². The maximum atomic E-state index is 13.6. The molecule has 0 radical (unpaired) electrons. The highest BCUT2D eigenvalue weighted by molar-refractivity contribution is 6.46. The summed E-state index contributed by atoms with van der Waals surface area (Å²) >= 11 is 0. The molecule has 1 aliphatic rings. The van der Waals surface area contributed by atoms with Gasteiger partial charge in [-0.25, -0.2) is 14.6 Å². The molecule has 1 fully saturated rings. The first-order valence-corrected chi connectivity index (χ1v) is 13.0. The first-order chi connectivity index (χ1) is 19.8. The number of ether oxygens (including phenoxy) is 1. The molecule has 0 bridgehead atoms. The number of carbonyl (C=O) groups excluding carboxylic acids is 4. The number of benzene rings is 4. The zero-order chi connectivity index (χ0) is 28.9. The van der Waals surface area contributed by atoms with E-state index in [1.54, 1.807) is 84.9 Å². The normalized spacial score (nSPS) is 13.3. The topological polar surface area (TPSA) is 96.0 Å². The lowest BCUT2D eigenvalue weighted by Crippen LogP contribution is -2.57. The van der Waals surface area contributed by atoms with Crippen LogP contribution in [0.15, 0.2) is 109 Å². The maximum absolute atomic E-state index is 13.6. The summed E-state index contributed by atoms with van der Waals surface area (Å²) in [6.45, 7) is 3.73. The molecule has 8 nitrogen and oxygen atoms in total. The number of hydrogen-bond acceptors (Lipinski definition) is 5. The largest absolute Gasteiger partial charge is 0.484 e. The van der Waals surface area contributed by atoms with Gasteiger partial charge in [-0.15, -0.1) is 0 Å². The summed E-state index contributed by atoms with van der Waals surface area (Å²) in [5.74, 6) is -1.43. The molecular weight excluding hydrogens is 518 g/mol. The van der Waals surface area contributed by atoms with Gasteiger partial charge in [0.15, 0.2) is 6.61 Å². The minimum Gasteiger partial charge on any atom is -0.484 e. The van der Waals surface area contributed by atoms with E-state index in [2.05, 4.69) is 5.32 Å². The Morgan fingerprint density at radius 1 is 0.732 bits per heavy atom. The fraction of sp³-hybridized carbons (Fsp3) is 0.0909. The highest BCUT2D eigenvalue weighted by Crippen LogP contribution is 2.30. The molecule has 1 aliphatic heterocycles. The molecule has 1 N–H and O–H groups in total. The summed E-state index contributed by atoms with van der Waals surface area (Å²) in [5.41, 5.74) is 3.85. The average molecular weight is 546 g/mol. The van der Waals surface area contributed by atoms with Crippen molar-refractivity contribution < 1.29 is 23.9 Å². The molecule has 0 saturated carbocycles. The third-order valence-electron chi connectivity index (χ3n) is 6.61. The molecule has 1 saturated heterocycles. The maximum Gasteiger partial charge on any atom is 0.343 e. The predicted octanol–water partition coefficient (Wildman–Crippen LogP) is 5.90. The van der Waals surface area contributed by atoms with E-state index in [1.165, 1.54) is 6.08 Å². The van der Waals surface area contributed by atoms with Crippen molar-refractivity contribution in [2.24, 2.45) is 0 Å². The molecule has 5 amide bonds. The van der Waals surface area contributed by atoms with Crippen LogP contribution in [-0.4, -0.2) is 30.4 Å². The number of imide groups is 2. The van der Waals surface area contributed by atoms with Gasteiger partial charge < -0.3 is 10.1 Å². The van der Waals surface area contributed by atoms with E-state index >= 15 is 0 Å². The van der Waals surface area contributed by atoms with Gasteiger partial charge in [-0.2, -0.15) is 0 Å². The van der Waals surface area contributed by atoms with Crippen LogP contribution in [0.25, 0.3) is 6.08 Å². The minimum atomic E-state index is -0.763. The molecule has 41 heavy (non-hydrogen) atoms. The van der Waals surface area contributed by atoms with Crippen LogP contribution in [0.1, 0.15) is 16.7 Å². The van der Waals surface area contributed by atoms with Crippen LogP contribution in [0.5, 0.6) is 5.75 Å². The molecule has 1 heterocycles. The Hall–Kier alpha value is -5.50. The summed E-state index contributed by atoms with van der Waals surface area (Å²) in [4.78, 5) is 55.0. The van der Waals surface area contributed by atoms with Crippen LogP contribution in [0, 0.1) is 13.8 Å². The molecule has 204 valence electrons. The van der Waals surface area contributed by atoms with Crippen LogP contribution in [0.4, 0.5) is 21.9 Å². The number of nitrogens with one attached hydrogen (secondary N) is 1. The van der Waals surface area contributed by atoms with Crippen molar-refractivity contribution in [1.82, 2.24) is 0 Å². The highest BCUT2D eigenvalue weighted by atomic mass is 16.5. The number of amides is 5. The zero-order valence-electron chi connectivity index (χ0n) is 22.5. The fourth-order valence-electron chi connectivity index (χ4n) is 4.37. The molecule has 5 rings (SSSR count). The first-order valence-electron chi connectivity index (χ1n) is 13.0. The molecule has 4 aromatic rings. The van der Waals surface area contributed by atoms with Gasteiger partial charge >= 0.3 is 6.03 Å². The Bertz CT molecular complexity index is 1600. The number of urea groups is 1. The molecule has 0 aliphatic carbocycles. The van der Waals surface area contributed by atoms with Gasteiger partial charge in [0, 0.05) is 5.69 Å². The van der Waals surface area contributed by atoms with Crippen molar-refractivity contribution in [2.45, 2.75) is 13.8 Å². The van der Waals surface area contributed by atoms with Crippen molar-refractivity contribution in [3.8, 4) is 5.75 Å². The summed E-state index contributed by atoms with van der Waals surface area (Å²) in [6.07, 6.45) is 1.42. The SMILES string of the molecule is Cc1ccc(NC(=O)COc2cccc(C=C3C(=O)N(c4ccccc4)C(=O)N(c4ccccc4)C3=O)c2)cc1C. The summed E-state index contributed by atoms with van der Waals surface area (Å²) in [5, 5.41) is 2.81. The number of barbiturate groups is 1. The lowest BCUT2D eigenvalue weighted by molar-refractivity contribution is -0.121. The Morgan fingerprint density at radius 2 is 1.34 bits per heavy atom. The molecule has 0 aromatic heterocycles. The number of para-hydroxylation sites is 2. The van der Waals surface area contributed by atoms with Crippen molar-refractivity contribution >= 4 is 46.9 Å². The highest BCUT2D eigenvalue weighted by Gasteiger charge is 2.43. The summed E-state index contributed by atoms with van der Waals surface area (Å²) in [6, 6.07) is 28.5. The van der Waals surface area contributed by atoms with E-state index in [0.29, 0.717) is 28.4 Å². The second-order valence-corrected chi connectivity index (χ2v) is 9.50. The lowest BCUT2D eigenvalue weighted by Gasteiger charge is -2.33. The average Bonchev–Trinajstić information content (AvgIpc) is 2.98. The van der Waals surface area contributed by atoms with E-state index in [-0.39, 0.29) is 18.1 Å². The van der Waals surface area contributed by atoms with Crippen LogP contribution in [0.3, 0.4) is 0 Å². The zero-order valence-corrected chi connectivity index (χ0v) is 22.5. The number of aryl methyl sites for hydroxylation is 2. The smallest absolute Gasteiger partial charge is 0.343 e.